The molecule has 0 spiro atoms. The summed E-state index contributed by atoms with van der Waals surface area (Å²) in [5, 5.41) is 37.6. The average molecular weight is 372 g/mol. The van der Waals surface area contributed by atoms with Gasteiger partial charge >= 0.3 is 5.69 Å². The smallest absolute Gasteiger partial charge is 0.301 e. The first-order valence-electron chi connectivity index (χ1n) is 8.16. The number of hydrogen-bond donors (Lipinski definition) is 1. The van der Waals surface area contributed by atoms with Crippen LogP contribution in [0.2, 0.25) is 0 Å². The Labute approximate surface area is 153 Å². The number of phenolic OH excluding ortho intramolecular Hbond substituents is 1. The first-order chi connectivity index (χ1) is 12.9. The molecule has 2 aromatic rings. The van der Waals surface area contributed by atoms with Gasteiger partial charge in [-0.1, -0.05) is 6.92 Å². The van der Waals surface area contributed by atoms with Gasteiger partial charge in [0.15, 0.2) is 0 Å². The second kappa shape index (κ2) is 7.28. The molecule has 0 aliphatic carbocycles. The minimum Gasteiger partial charge on any atom is -0.508 e. The molecule has 27 heavy (non-hydrogen) atoms. The molecule has 0 fully saturated rings. The largest absolute Gasteiger partial charge is 0.508 e. The van der Waals surface area contributed by atoms with Crippen LogP contribution in [0.1, 0.15) is 31.6 Å². The average Bonchev–Trinajstić information content (AvgIpc) is 3.05. The third-order valence-corrected chi connectivity index (χ3v) is 3.94. The van der Waals surface area contributed by atoms with Crippen molar-refractivity contribution in [1.82, 2.24) is 0 Å². The molecule has 0 saturated heterocycles. The van der Waals surface area contributed by atoms with Crippen molar-refractivity contribution in [1.29, 1.82) is 0 Å². The Balaban J connectivity index is 2.08. The predicted octanol–water partition coefficient (Wildman–Crippen LogP) is 3.86. The van der Waals surface area contributed by atoms with Crippen molar-refractivity contribution in [3.63, 3.8) is 0 Å². The van der Waals surface area contributed by atoms with Gasteiger partial charge in [-0.2, -0.15) is 0 Å². The van der Waals surface area contributed by atoms with Crippen LogP contribution in [-0.4, -0.2) is 20.9 Å². The summed E-state index contributed by atoms with van der Waals surface area (Å²) in [4.78, 5) is 21.1. The van der Waals surface area contributed by atoms with E-state index in [4.69, 9.17) is 4.74 Å². The Bertz CT molecular complexity index is 912. The summed E-state index contributed by atoms with van der Waals surface area (Å²) in [6.45, 7) is 1.94. The van der Waals surface area contributed by atoms with Crippen LogP contribution < -0.4 is 5.01 Å². The number of ether oxygens (including phenoxy) is 1. The van der Waals surface area contributed by atoms with Crippen LogP contribution in [0.15, 0.2) is 47.6 Å². The van der Waals surface area contributed by atoms with E-state index in [2.05, 4.69) is 5.10 Å². The van der Waals surface area contributed by atoms with E-state index in [0.717, 1.165) is 12.5 Å². The highest BCUT2D eigenvalue weighted by atomic mass is 16.6. The van der Waals surface area contributed by atoms with Crippen LogP contribution in [0.25, 0.3) is 0 Å². The van der Waals surface area contributed by atoms with E-state index in [1.165, 1.54) is 29.3 Å². The zero-order valence-electron chi connectivity index (χ0n) is 14.3. The number of nitro benzene ring substituents is 2. The molecule has 1 N–H and O–H groups in total. The predicted molar refractivity (Wildman–Crippen MR) is 96.5 cm³/mol. The maximum Gasteiger partial charge on any atom is 0.301 e. The molecule has 0 radical (unpaired) electrons. The summed E-state index contributed by atoms with van der Waals surface area (Å²) >= 11 is 0. The van der Waals surface area contributed by atoms with Crippen molar-refractivity contribution >= 4 is 23.0 Å². The highest BCUT2D eigenvalue weighted by Gasteiger charge is 2.35. The monoisotopic (exact) mass is 372 g/mol. The second-order valence-corrected chi connectivity index (χ2v) is 5.84. The van der Waals surface area contributed by atoms with Crippen LogP contribution in [0, 0.1) is 20.2 Å². The first-order valence-corrected chi connectivity index (χ1v) is 8.16. The number of anilines is 1. The van der Waals surface area contributed by atoms with Crippen LogP contribution in [0.4, 0.5) is 17.1 Å². The van der Waals surface area contributed by atoms with Crippen molar-refractivity contribution in [3.05, 3.63) is 68.3 Å². The van der Waals surface area contributed by atoms with Gasteiger partial charge in [0.05, 0.1) is 15.9 Å². The van der Waals surface area contributed by atoms with Gasteiger partial charge in [-0.05, 0) is 36.8 Å². The van der Waals surface area contributed by atoms with Gasteiger partial charge in [0.25, 0.3) is 5.69 Å². The van der Waals surface area contributed by atoms with Crippen molar-refractivity contribution < 1.29 is 19.7 Å². The summed E-state index contributed by atoms with van der Waals surface area (Å²) in [7, 11) is 0. The maximum atomic E-state index is 11.5. The third-order valence-electron chi connectivity index (χ3n) is 3.94. The van der Waals surface area contributed by atoms with Crippen molar-refractivity contribution in [2.75, 3.05) is 5.01 Å². The number of non-ortho nitro benzene ring substituents is 1. The van der Waals surface area contributed by atoms with Gasteiger partial charge in [-0.3, -0.25) is 20.2 Å². The molecule has 1 atom stereocenters. The molecule has 1 aliphatic rings. The number of aromatic hydroxyl groups is 1. The lowest BCUT2D eigenvalue weighted by Gasteiger charge is -2.22. The van der Waals surface area contributed by atoms with E-state index >= 15 is 0 Å². The Morgan fingerprint density at radius 1 is 1.15 bits per heavy atom. The Hall–Kier alpha value is -3.69. The van der Waals surface area contributed by atoms with Crippen molar-refractivity contribution in [2.24, 2.45) is 5.10 Å². The minimum absolute atomic E-state index is 0.0688. The molecule has 0 aromatic heterocycles. The Kier molecular flexibility index (Phi) is 4.88. The molecule has 2 aromatic carbocycles. The SMILES string of the molecule is CCCC1=NN(c2ccc([N+](=O)[O-])cc2[N+](=O)[O-])C(c2ccc(O)cc2)O1. The van der Waals surface area contributed by atoms with Gasteiger partial charge in [0.1, 0.15) is 11.4 Å². The highest BCUT2D eigenvalue weighted by Crippen LogP contribution is 2.40. The van der Waals surface area contributed by atoms with Crippen molar-refractivity contribution in [2.45, 2.75) is 26.0 Å². The van der Waals surface area contributed by atoms with E-state index in [1.54, 1.807) is 12.1 Å². The Morgan fingerprint density at radius 2 is 1.85 bits per heavy atom. The summed E-state index contributed by atoms with van der Waals surface area (Å²) < 4.78 is 5.85. The molecule has 140 valence electrons. The summed E-state index contributed by atoms with van der Waals surface area (Å²) in [6.07, 6.45) is 0.510. The number of hydrazone groups is 1. The molecule has 0 bridgehead atoms. The number of rotatable bonds is 6. The zero-order valence-corrected chi connectivity index (χ0v) is 14.3. The van der Waals surface area contributed by atoms with Gasteiger partial charge in [-0.15, -0.1) is 5.10 Å². The quantitative estimate of drug-likeness (QED) is 0.601. The van der Waals surface area contributed by atoms with Crippen molar-refractivity contribution in [3.8, 4) is 5.75 Å². The molecule has 1 unspecified atom stereocenters. The molecule has 1 heterocycles. The van der Waals surface area contributed by atoms with E-state index < -0.39 is 21.8 Å². The molecule has 0 saturated carbocycles. The Morgan fingerprint density at radius 3 is 2.44 bits per heavy atom. The van der Waals surface area contributed by atoms with Crippen LogP contribution >= 0.6 is 0 Å². The van der Waals surface area contributed by atoms with Crippen LogP contribution in [0.5, 0.6) is 5.75 Å². The first kappa shape index (κ1) is 18.1. The van der Waals surface area contributed by atoms with E-state index in [0.29, 0.717) is 17.9 Å². The fraction of sp³-hybridized carbons (Fsp3) is 0.235. The fourth-order valence-electron chi connectivity index (χ4n) is 2.69. The molecular weight excluding hydrogens is 356 g/mol. The topological polar surface area (TPSA) is 131 Å². The molecule has 0 amide bonds. The normalized spacial score (nSPS) is 16.0. The molecule has 1 aliphatic heterocycles. The number of nitro groups is 2. The molecule has 10 nitrogen and oxygen atoms in total. The third kappa shape index (κ3) is 3.64. The van der Waals surface area contributed by atoms with Gasteiger partial charge < -0.3 is 9.84 Å². The van der Waals surface area contributed by atoms with Gasteiger partial charge in [-0.25, -0.2) is 5.01 Å². The number of hydrogen-bond acceptors (Lipinski definition) is 8. The zero-order chi connectivity index (χ0) is 19.6. The molecular formula is C17H16N4O6. The number of benzene rings is 2. The van der Waals surface area contributed by atoms with Gasteiger partial charge in [0.2, 0.25) is 12.1 Å². The highest BCUT2D eigenvalue weighted by molar-refractivity contribution is 5.81. The lowest BCUT2D eigenvalue weighted by molar-refractivity contribution is -0.393. The van der Waals surface area contributed by atoms with E-state index in [-0.39, 0.29) is 17.1 Å². The summed E-state index contributed by atoms with van der Waals surface area (Å²) in [6, 6.07) is 9.55. The number of nitrogens with zero attached hydrogens (tertiary/aromatic N) is 4. The van der Waals surface area contributed by atoms with E-state index in [9.17, 15) is 25.3 Å². The second-order valence-electron chi connectivity index (χ2n) is 5.84. The van der Waals surface area contributed by atoms with Crippen LogP contribution in [-0.2, 0) is 4.74 Å². The minimum atomic E-state index is -0.785. The summed E-state index contributed by atoms with van der Waals surface area (Å²) in [5.74, 6) is 0.475. The molecule has 10 heteroatoms. The maximum absolute atomic E-state index is 11.5. The fourth-order valence-corrected chi connectivity index (χ4v) is 2.69. The lowest BCUT2D eigenvalue weighted by Crippen LogP contribution is -2.21. The number of phenols is 1. The molecule has 3 rings (SSSR count). The van der Waals surface area contributed by atoms with Crippen LogP contribution in [0.3, 0.4) is 0 Å². The standard InChI is InChI=1S/C17H16N4O6/c1-2-3-16-18-19(17(27-16)11-4-7-13(22)8-5-11)14-9-6-12(20(23)24)10-15(14)21(25)26/h4-10,17,22H,2-3H2,1H3. The van der Waals surface area contributed by atoms with Gasteiger partial charge in [0, 0.05) is 18.1 Å². The van der Waals surface area contributed by atoms with E-state index in [1.807, 2.05) is 6.92 Å². The summed E-state index contributed by atoms with van der Waals surface area (Å²) in [5.41, 5.74) is -0.132. The lowest BCUT2D eigenvalue weighted by atomic mass is 10.1.